The van der Waals surface area contributed by atoms with Crippen LogP contribution in [0.5, 0.6) is 0 Å². The molecule has 3 saturated heterocycles. The molecule has 2 N–H and O–H groups in total. The van der Waals surface area contributed by atoms with Gasteiger partial charge >= 0.3 is 17.9 Å². The van der Waals surface area contributed by atoms with Crippen LogP contribution in [0.15, 0.2) is 24.3 Å². The van der Waals surface area contributed by atoms with E-state index in [2.05, 4.69) is 4.90 Å². The van der Waals surface area contributed by atoms with Gasteiger partial charge in [-0.15, -0.1) is 0 Å². The van der Waals surface area contributed by atoms with Gasteiger partial charge in [-0.3, -0.25) is 14.4 Å². The Morgan fingerprint density at radius 1 is 0.884 bits per heavy atom. The first-order valence-electron chi connectivity index (χ1n) is 25.0. The summed E-state index contributed by atoms with van der Waals surface area (Å²) in [6.45, 7) is 16.3. The average molecular weight is 983 g/mol. The molecule has 0 aromatic carbocycles. The number of hydrogen-bond donors (Lipinski definition) is 2. The van der Waals surface area contributed by atoms with Gasteiger partial charge in [0.15, 0.2) is 25.0 Å². The van der Waals surface area contributed by atoms with Gasteiger partial charge in [0, 0.05) is 45.3 Å². The Morgan fingerprint density at radius 2 is 1.58 bits per heavy atom. The zero-order chi connectivity index (χ0) is 51.3. The van der Waals surface area contributed by atoms with Crippen molar-refractivity contribution in [2.45, 2.75) is 224 Å². The van der Waals surface area contributed by atoms with Crippen LogP contribution in [0.4, 0.5) is 0 Å². The van der Waals surface area contributed by atoms with Crippen molar-refractivity contribution in [2.75, 3.05) is 35.3 Å². The van der Waals surface area contributed by atoms with E-state index in [1.807, 2.05) is 66.1 Å². The molecule has 18 heteroatoms. The topological polar surface area (TPSA) is 208 Å². The molecule has 0 spiro atoms. The number of aliphatic hydroxyl groups excluding tert-OH is 1. The van der Waals surface area contributed by atoms with Gasteiger partial charge in [-0.2, -0.15) is 0 Å². The molecule has 3 fully saturated rings. The molecule has 19 atom stereocenters. The van der Waals surface area contributed by atoms with Crippen molar-refractivity contribution in [1.29, 1.82) is 0 Å². The average Bonchev–Trinajstić information content (AvgIpc) is 3.24. The smallest absolute Gasteiger partial charge is 0.309 e. The fraction of sp³-hybridized carbons (Fsp3) is 0.843. The first kappa shape index (κ1) is 58.7. The highest BCUT2D eigenvalue weighted by molar-refractivity contribution is 5.72. The Labute approximate surface area is 410 Å². The number of allylic oxidation sites excluding steroid dienone is 2. The largest absolute Gasteiger partial charge is 0.462 e. The summed E-state index contributed by atoms with van der Waals surface area (Å²) in [6.07, 6.45) is -1.73. The maximum atomic E-state index is 13.6. The highest BCUT2D eigenvalue weighted by Crippen LogP contribution is 2.38. The summed E-state index contributed by atoms with van der Waals surface area (Å²) < 4.78 is 63.0. The van der Waals surface area contributed by atoms with Crippen molar-refractivity contribution in [3.8, 4) is 0 Å². The minimum absolute atomic E-state index is 0.00271. The lowest BCUT2D eigenvalue weighted by Crippen LogP contribution is -2.66. The van der Waals surface area contributed by atoms with Gasteiger partial charge in [-0.05, 0) is 99.8 Å². The van der Waals surface area contributed by atoms with Crippen LogP contribution in [-0.2, 0) is 66.5 Å². The number of methoxy groups -OCH3 is 1. The Hall–Kier alpha value is -2.88. The van der Waals surface area contributed by atoms with E-state index in [0.717, 1.165) is 12.7 Å². The van der Waals surface area contributed by atoms with Crippen LogP contribution in [-0.4, -0.2) is 183 Å². The van der Waals surface area contributed by atoms with Crippen molar-refractivity contribution >= 4 is 24.2 Å². The van der Waals surface area contributed by atoms with Gasteiger partial charge in [0.2, 0.25) is 0 Å². The number of aldehydes is 1. The van der Waals surface area contributed by atoms with Crippen molar-refractivity contribution in [2.24, 2.45) is 17.8 Å². The number of carbonyl (C=O) groups excluding carboxylic acids is 4. The number of carbonyl (C=O) groups is 4. The quantitative estimate of drug-likeness (QED) is 0.120. The zero-order valence-corrected chi connectivity index (χ0v) is 43.7. The van der Waals surface area contributed by atoms with Crippen LogP contribution in [0.1, 0.15) is 120 Å². The summed E-state index contributed by atoms with van der Waals surface area (Å²) in [5.41, 5.74) is -1.51. The maximum Gasteiger partial charge on any atom is 0.309 e. The molecule has 0 aromatic heterocycles. The normalized spacial score (nSPS) is 40.8. The predicted molar refractivity (Wildman–Crippen MR) is 254 cm³/mol. The molecular weight excluding hydrogens is 897 g/mol. The SMILES string of the molecule is CCC(=O)OC1CC(=O)OC(C)C/C=C/C=C/C(OC2CCC(N(C)C)C(C)O2)C(C)CC(CC=O)C(OC2OC(C)C(OC3CC(C)(O)C(OC(=O)CC(C)C)C(C)O3)C(N(C)C)C2O)C1OC. The van der Waals surface area contributed by atoms with Crippen LogP contribution in [0.3, 0.4) is 0 Å². The van der Waals surface area contributed by atoms with Gasteiger partial charge in [0.25, 0.3) is 0 Å². The third kappa shape index (κ3) is 16.8. The summed E-state index contributed by atoms with van der Waals surface area (Å²) in [5.74, 6) is -2.53. The van der Waals surface area contributed by atoms with Crippen LogP contribution < -0.4 is 0 Å². The second kappa shape index (κ2) is 27.3. The first-order chi connectivity index (χ1) is 32.5. The van der Waals surface area contributed by atoms with Crippen LogP contribution >= 0.6 is 0 Å². The first-order valence-corrected chi connectivity index (χ1v) is 25.0. The van der Waals surface area contributed by atoms with E-state index >= 15 is 0 Å². The maximum absolute atomic E-state index is 13.6. The standard InChI is InChI=1S/C51H86N2O16/c1-15-39(55)65-38-27-41(57)61-31(5)19-17-16-18-20-37(66-42-22-21-36(52(10)11)32(6)62-42)30(4)26-35(23-24-54)47(48(38)60-14)69-50-45(58)44(53(12)13)46(33(7)64-50)68-43-28-51(9,59)49(34(8)63-43)67-40(56)25-29(2)3/h16-18,20,24,29-38,42-50,58-59H,15,19,21-23,25-28H2,1-14H3/b17-16+,20-18+. The zero-order valence-electron chi connectivity index (χ0n) is 43.7. The molecule has 4 heterocycles. The number of aliphatic hydroxyl groups is 2. The molecular formula is C51H86N2O16. The lowest BCUT2D eigenvalue weighted by atomic mass is 9.82. The van der Waals surface area contributed by atoms with Gasteiger partial charge < -0.3 is 72.2 Å². The minimum Gasteiger partial charge on any atom is -0.462 e. The number of esters is 3. The third-order valence-electron chi connectivity index (χ3n) is 13.7. The van der Waals surface area contributed by atoms with Crippen molar-refractivity contribution in [1.82, 2.24) is 9.80 Å². The van der Waals surface area contributed by atoms with Gasteiger partial charge in [0.05, 0.1) is 43.0 Å². The highest BCUT2D eigenvalue weighted by Gasteiger charge is 2.53. The van der Waals surface area contributed by atoms with Gasteiger partial charge in [-0.1, -0.05) is 52.0 Å². The van der Waals surface area contributed by atoms with E-state index in [9.17, 15) is 29.4 Å². The van der Waals surface area contributed by atoms with E-state index in [1.165, 1.54) is 7.11 Å². The second-order valence-electron chi connectivity index (χ2n) is 20.7. The van der Waals surface area contributed by atoms with Crippen molar-refractivity contribution < 1.29 is 76.8 Å². The minimum atomic E-state index is -1.51. The fourth-order valence-corrected chi connectivity index (χ4v) is 10.2. The van der Waals surface area contributed by atoms with Gasteiger partial charge in [-0.25, -0.2) is 0 Å². The molecule has 396 valence electrons. The number of ether oxygens (including phenoxy) is 10. The van der Waals surface area contributed by atoms with Crippen LogP contribution in [0.25, 0.3) is 0 Å². The van der Waals surface area contributed by atoms with Crippen LogP contribution in [0.2, 0.25) is 0 Å². The molecule has 0 bridgehead atoms. The molecule has 19 unspecified atom stereocenters. The Balaban J connectivity index is 1.71. The molecule has 0 amide bonds. The van der Waals surface area contributed by atoms with E-state index in [0.29, 0.717) is 19.3 Å². The lowest BCUT2D eigenvalue weighted by molar-refractivity contribution is -0.344. The summed E-state index contributed by atoms with van der Waals surface area (Å²) in [5, 5.41) is 24.0. The number of nitrogens with zero attached hydrogens (tertiary/aromatic N) is 2. The predicted octanol–water partition coefficient (Wildman–Crippen LogP) is 4.88. The molecule has 4 rings (SSSR count). The Morgan fingerprint density at radius 3 is 2.17 bits per heavy atom. The summed E-state index contributed by atoms with van der Waals surface area (Å²) in [4.78, 5) is 56.1. The summed E-state index contributed by atoms with van der Waals surface area (Å²) in [6, 6.07) is -0.551. The fourth-order valence-electron chi connectivity index (χ4n) is 10.2. The number of rotatable bonds is 16. The van der Waals surface area contributed by atoms with Crippen molar-refractivity contribution in [3.05, 3.63) is 24.3 Å². The summed E-state index contributed by atoms with van der Waals surface area (Å²) in [7, 11) is 9.03. The number of hydrogen-bond acceptors (Lipinski definition) is 18. The van der Waals surface area contributed by atoms with E-state index in [4.69, 9.17) is 47.4 Å². The molecule has 0 radical (unpaired) electrons. The van der Waals surface area contributed by atoms with E-state index in [1.54, 1.807) is 53.6 Å². The third-order valence-corrected chi connectivity index (χ3v) is 13.7. The van der Waals surface area contributed by atoms with Gasteiger partial charge in [0.1, 0.15) is 42.4 Å². The molecule has 4 aliphatic rings. The molecule has 69 heavy (non-hydrogen) atoms. The number of cyclic esters (lactones) is 1. The molecule has 18 nitrogen and oxygen atoms in total. The Kier molecular flexibility index (Phi) is 23.2. The molecule has 0 aromatic rings. The second-order valence-corrected chi connectivity index (χ2v) is 20.7. The van der Waals surface area contributed by atoms with Crippen molar-refractivity contribution in [3.63, 3.8) is 0 Å². The van der Waals surface area contributed by atoms with E-state index in [-0.39, 0.29) is 56.1 Å². The Bertz CT molecular complexity index is 1680. The monoisotopic (exact) mass is 983 g/mol. The molecule has 4 aliphatic heterocycles. The highest BCUT2D eigenvalue weighted by atomic mass is 16.7. The summed E-state index contributed by atoms with van der Waals surface area (Å²) >= 11 is 0. The lowest BCUT2D eigenvalue weighted by Gasteiger charge is -2.50. The molecule has 0 saturated carbocycles. The van der Waals surface area contributed by atoms with Crippen LogP contribution in [0, 0.1) is 17.8 Å². The molecule has 0 aliphatic carbocycles. The van der Waals surface area contributed by atoms with E-state index < -0.39 is 115 Å². The number of likely N-dealkylation sites (N-methyl/N-ethyl adjacent to an activating group) is 2.